The summed E-state index contributed by atoms with van der Waals surface area (Å²) in [5.74, 6) is 1.32. The van der Waals surface area contributed by atoms with E-state index in [1.54, 1.807) is 7.11 Å². The minimum atomic E-state index is -0.246. The Bertz CT molecular complexity index is 587. The van der Waals surface area contributed by atoms with Crippen LogP contribution in [0.25, 0.3) is 0 Å². The fourth-order valence-corrected chi connectivity index (χ4v) is 1.58. The third kappa shape index (κ3) is 2.94. The summed E-state index contributed by atoms with van der Waals surface area (Å²) in [6.45, 7) is 0. The van der Waals surface area contributed by atoms with Gasteiger partial charge in [-0.3, -0.25) is 9.78 Å². The molecule has 2 aromatic rings. The summed E-state index contributed by atoms with van der Waals surface area (Å²) in [4.78, 5) is 16.5. The summed E-state index contributed by atoms with van der Waals surface area (Å²) in [6.07, 6.45) is 0. The highest BCUT2D eigenvalue weighted by atomic mass is 32.1. The summed E-state index contributed by atoms with van der Waals surface area (Å²) < 4.78 is 5.34. The molecule has 0 radical (unpaired) electrons. The second-order valence-electron chi connectivity index (χ2n) is 3.35. The number of rotatable bonds is 3. The maximum absolute atomic E-state index is 11.2. The molecule has 1 aromatic heterocycles. The van der Waals surface area contributed by atoms with Crippen molar-refractivity contribution in [3.63, 3.8) is 0 Å². The first kappa shape index (κ1) is 11.4. The van der Waals surface area contributed by atoms with Crippen molar-refractivity contribution in [3.8, 4) is 5.75 Å². The van der Waals surface area contributed by atoms with Crippen LogP contribution in [0, 0.1) is 4.77 Å². The van der Waals surface area contributed by atoms with Crippen molar-refractivity contribution in [2.24, 2.45) is 0 Å². The van der Waals surface area contributed by atoms with E-state index in [1.807, 2.05) is 24.3 Å². The van der Waals surface area contributed by atoms with E-state index in [0.717, 1.165) is 11.4 Å². The van der Waals surface area contributed by atoms with Crippen LogP contribution in [0.5, 0.6) is 5.75 Å². The minimum absolute atomic E-state index is 0.246. The van der Waals surface area contributed by atoms with Crippen molar-refractivity contribution in [2.75, 3.05) is 12.4 Å². The minimum Gasteiger partial charge on any atom is -0.497 e. The summed E-state index contributed by atoms with van der Waals surface area (Å²) in [5, 5.41) is 3.04. The molecule has 5 nitrogen and oxygen atoms in total. The van der Waals surface area contributed by atoms with E-state index in [2.05, 4.69) is 15.3 Å². The van der Waals surface area contributed by atoms with Crippen molar-refractivity contribution >= 4 is 23.7 Å². The predicted octanol–water partition coefficient (Wildman–Crippen LogP) is 2.18. The van der Waals surface area contributed by atoms with E-state index in [9.17, 15) is 4.79 Å². The number of methoxy groups -OCH3 is 1. The molecule has 0 aliphatic rings. The van der Waals surface area contributed by atoms with Gasteiger partial charge >= 0.3 is 0 Å². The Labute approximate surface area is 102 Å². The summed E-state index contributed by atoms with van der Waals surface area (Å²) in [7, 11) is 1.61. The van der Waals surface area contributed by atoms with Crippen LogP contribution in [0.4, 0.5) is 11.5 Å². The van der Waals surface area contributed by atoms with Crippen LogP contribution in [0.15, 0.2) is 35.1 Å². The summed E-state index contributed by atoms with van der Waals surface area (Å²) in [5.41, 5.74) is 0.590. The third-order valence-corrected chi connectivity index (χ3v) is 2.33. The lowest BCUT2D eigenvalue weighted by atomic mass is 10.3. The molecular formula is C11H11N3O2S. The van der Waals surface area contributed by atoms with Gasteiger partial charge in [0.2, 0.25) is 0 Å². The molecule has 0 saturated carbocycles. The molecular weight excluding hydrogens is 238 g/mol. The Morgan fingerprint density at radius 3 is 2.53 bits per heavy atom. The van der Waals surface area contributed by atoms with E-state index in [4.69, 9.17) is 17.0 Å². The molecule has 0 aliphatic carbocycles. The molecule has 0 unspecified atom stereocenters. The zero-order chi connectivity index (χ0) is 12.3. The van der Waals surface area contributed by atoms with Gasteiger partial charge in [0, 0.05) is 11.8 Å². The fourth-order valence-electron chi connectivity index (χ4n) is 1.37. The molecule has 0 amide bonds. The lowest BCUT2D eigenvalue weighted by Gasteiger charge is -2.06. The van der Waals surface area contributed by atoms with Crippen LogP contribution in [-0.4, -0.2) is 17.1 Å². The highest BCUT2D eigenvalue weighted by Gasteiger charge is 1.97. The topological polar surface area (TPSA) is 69.9 Å². The molecule has 0 fully saturated rings. The van der Waals surface area contributed by atoms with Crippen molar-refractivity contribution in [1.82, 2.24) is 9.97 Å². The van der Waals surface area contributed by atoms with Crippen molar-refractivity contribution in [1.29, 1.82) is 0 Å². The number of hydrogen-bond acceptors (Lipinski definition) is 4. The second kappa shape index (κ2) is 4.84. The Kier molecular flexibility index (Phi) is 3.24. The van der Waals surface area contributed by atoms with Crippen molar-refractivity contribution in [3.05, 3.63) is 45.5 Å². The summed E-state index contributed by atoms with van der Waals surface area (Å²) >= 11 is 4.87. The smallest absolute Gasteiger partial charge is 0.253 e. The molecule has 0 bridgehead atoms. The third-order valence-electron chi connectivity index (χ3n) is 2.13. The van der Waals surface area contributed by atoms with Gasteiger partial charge in [0.15, 0.2) is 4.77 Å². The molecule has 2 rings (SSSR count). The first-order chi connectivity index (χ1) is 8.17. The number of benzene rings is 1. The predicted molar refractivity (Wildman–Crippen MR) is 68.5 cm³/mol. The molecule has 0 aliphatic heterocycles. The van der Waals surface area contributed by atoms with Gasteiger partial charge in [-0.2, -0.15) is 0 Å². The maximum atomic E-state index is 11.2. The van der Waals surface area contributed by atoms with Crippen molar-refractivity contribution < 1.29 is 4.74 Å². The molecule has 3 N–H and O–H groups in total. The molecule has 1 heterocycles. The molecule has 6 heteroatoms. The number of ether oxygens (including phenoxy) is 1. The quantitative estimate of drug-likeness (QED) is 0.729. The average molecular weight is 249 g/mol. The molecule has 0 atom stereocenters. The number of nitrogens with one attached hydrogen (secondary N) is 3. The van der Waals surface area contributed by atoms with E-state index >= 15 is 0 Å². The lowest BCUT2D eigenvalue weighted by molar-refractivity contribution is 0.415. The van der Waals surface area contributed by atoms with E-state index in [1.165, 1.54) is 6.07 Å². The lowest BCUT2D eigenvalue weighted by Crippen LogP contribution is -2.07. The van der Waals surface area contributed by atoms with Crippen LogP contribution >= 0.6 is 12.2 Å². The largest absolute Gasteiger partial charge is 0.497 e. The van der Waals surface area contributed by atoms with Gasteiger partial charge in [-0.1, -0.05) is 0 Å². The van der Waals surface area contributed by atoms with Crippen LogP contribution in [-0.2, 0) is 0 Å². The van der Waals surface area contributed by atoms with Crippen LogP contribution < -0.4 is 15.6 Å². The monoisotopic (exact) mass is 249 g/mol. The number of aromatic amines is 2. The molecule has 1 aromatic carbocycles. The molecule has 0 spiro atoms. The molecule has 17 heavy (non-hydrogen) atoms. The van der Waals surface area contributed by atoms with Crippen LogP contribution in [0.2, 0.25) is 0 Å². The van der Waals surface area contributed by atoms with Gasteiger partial charge in [-0.15, -0.1) is 0 Å². The first-order valence-electron chi connectivity index (χ1n) is 4.92. The zero-order valence-electron chi connectivity index (χ0n) is 9.11. The van der Waals surface area contributed by atoms with E-state index in [-0.39, 0.29) is 10.3 Å². The Morgan fingerprint density at radius 2 is 1.94 bits per heavy atom. The van der Waals surface area contributed by atoms with Gasteiger partial charge in [0.05, 0.1) is 7.11 Å². The van der Waals surface area contributed by atoms with E-state index < -0.39 is 0 Å². The normalized spacial score (nSPS) is 9.94. The van der Waals surface area contributed by atoms with Crippen molar-refractivity contribution in [2.45, 2.75) is 0 Å². The fraction of sp³-hybridized carbons (Fsp3) is 0.0909. The first-order valence-corrected chi connectivity index (χ1v) is 5.33. The van der Waals surface area contributed by atoms with Crippen LogP contribution in [0.3, 0.4) is 0 Å². The zero-order valence-corrected chi connectivity index (χ0v) is 9.93. The standard InChI is InChI=1S/C11H11N3O2S/c1-16-8-4-2-7(3-5-8)12-9-6-10(15)14-11(17)13-9/h2-6H,1H3,(H3,12,13,14,15,17). The highest BCUT2D eigenvalue weighted by molar-refractivity contribution is 7.71. The van der Waals surface area contributed by atoms with Gasteiger partial charge in [-0.05, 0) is 36.5 Å². The average Bonchev–Trinajstić information content (AvgIpc) is 2.28. The number of H-pyrrole nitrogens is 2. The Morgan fingerprint density at radius 1 is 1.24 bits per heavy atom. The van der Waals surface area contributed by atoms with Crippen LogP contribution in [0.1, 0.15) is 0 Å². The Balaban J connectivity index is 2.25. The molecule has 0 saturated heterocycles. The number of hydrogen-bond donors (Lipinski definition) is 3. The van der Waals surface area contributed by atoms with Gasteiger partial charge in [0.1, 0.15) is 11.6 Å². The van der Waals surface area contributed by atoms with E-state index in [0.29, 0.717) is 5.82 Å². The van der Waals surface area contributed by atoms with Gasteiger partial charge < -0.3 is 15.0 Å². The Hall–Kier alpha value is -2.08. The summed E-state index contributed by atoms with van der Waals surface area (Å²) in [6, 6.07) is 8.74. The highest BCUT2D eigenvalue weighted by Crippen LogP contribution is 2.17. The SMILES string of the molecule is COc1ccc(Nc2cc(=O)[nH]c(=S)[nH]2)cc1. The maximum Gasteiger partial charge on any atom is 0.253 e. The number of anilines is 2. The molecule has 88 valence electrons. The van der Waals surface area contributed by atoms with Gasteiger partial charge in [0.25, 0.3) is 5.56 Å². The number of aromatic nitrogens is 2. The van der Waals surface area contributed by atoms with Gasteiger partial charge in [-0.25, -0.2) is 0 Å². The second-order valence-corrected chi connectivity index (χ2v) is 3.76.